The Kier molecular flexibility index (Phi) is 6.91. The summed E-state index contributed by atoms with van der Waals surface area (Å²) in [5.74, 6) is 0.969. The van der Waals surface area contributed by atoms with E-state index in [4.69, 9.17) is 16.6 Å². The molecule has 2 atom stereocenters. The summed E-state index contributed by atoms with van der Waals surface area (Å²) in [6.07, 6.45) is 1.92. The monoisotopic (exact) mass is 513 g/mol. The molecular formula is C27H23N5O4S. The Morgan fingerprint density at radius 2 is 1.89 bits per heavy atom. The summed E-state index contributed by atoms with van der Waals surface area (Å²) < 4.78 is 6.23. The fourth-order valence-electron chi connectivity index (χ4n) is 4.36. The summed E-state index contributed by atoms with van der Waals surface area (Å²) >= 11 is 5.66. The van der Waals surface area contributed by atoms with Crippen LogP contribution in [0.5, 0.6) is 0 Å². The molecule has 10 heteroatoms. The van der Waals surface area contributed by atoms with E-state index in [1.807, 2.05) is 59.5 Å². The smallest absolute Gasteiger partial charge is 0.270 e. The van der Waals surface area contributed by atoms with Crippen LogP contribution in [0.4, 0.5) is 11.4 Å². The molecule has 4 aromatic rings. The fraction of sp³-hybridized carbons (Fsp3) is 0.148. The third kappa shape index (κ3) is 5.34. The number of non-ortho nitro benzene ring substituents is 1. The van der Waals surface area contributed by atoms with E-state index in [2.05, 4.69) is 15.6 Å². The van der Waals surface area contributed by atoms with Gasteiger partial charge in [0.05, 0.1) is 16.7 Å². The molecule has 1 aliphatic heterocycles. The maximum atomic E-state index is 12.7. The highest BCUT2D eigenvalue weighted by Crippen LogP contribution is 2.40. The molecule has 1 aliphatic rings. The molecule has 0 bridgehead atoms. The van der Waals surface area contributed by atoms with Gasteiger partial charge in [-0.3, -0.25) is 19.9 Å². The van der Waals surface area contributed by atoms with E-state index < -0.39 is 4.92 Å². The number of amides is 1. The van der Waals surface area contributed by atoms with Crippen molar-refractivity contribution in [3.8, 4) is 11.3 Å². The van der Waals surface area contributed by atoms with Crippen LogP contribution < -0.4 is 10.6 Å². The highest BCUT2D eigenvalue weighted by atomic mass is 32.1. The standard InChI is InChI=1S/C27H23N5O4S/c33-24(29-19-8-2-1-3-9-19)14-16-31-26(25(30-27(31)37)21-11-4-5-15-28-21)23-13-12-22(36-23)18-7-6-10-20(17-18)32(34)35/h1-13,15,17,25-26H,14,16H2,(H,29,33)(H,30,37)/t25-,26-/m0/s1. The number of carbonyl (C=O) groups excluding carboxylic acids is 1. The minimum absolute atomic E-state index is 0.0171. The van der Waals surface area contributed by atoms with E-state index in [0.717, 1.165) is 11.4 Å². The lowest BCUT2D eigenvalue weighted by Gasteiger charge is -2.25. The number of furan rings is 1. The molecule has 0 saturated carbocycles. The van der Waals surface area contributed by atoms with Crippen LogP contribution in [0.1, 0.15) is 30.0 Å². The third-order valence-corrected chi connectivity index (χ3v) is 6.45. The van der Waals surface area contributed by atoms with Crippen LogP contribution in [0, 0.1) is 10.1 Å². The Hall–Kier alpha value is -4.57. The minimum Gasteiger partial charge on any atom is -0.459 e. The molecule has 37 heavy (non-hydrogen) atoms. The molecule has 9 nitrogen and oxygen atoms in total. The third-order valence-electron chi connectivity index (χ3n) is 6.09. The Balaban J connectivity index is 1.42. The van der Waals surface area contributed by atoms with Crippen molar-refractivity contribution in [1.29, 1.82) is 0 Å². The summed E-state index contributed by atoms with van der Waals surface area (Å²) in [5.41, 5.74) is 2.08. The van der Waals surface area contributed by atoms with E-state index in [0.29, 0.717) is 28.7 Å². The van der Waals surface area contributed by atoms with Crippen LogP contribution >= 0.6 is 12.2 Å². The second-order valence-electron chi connectivity index (χ2n) is 8.49. The first-order chi connectivity index (χ1) is 18.0. The first kappa shape index (κ1) is 24.1. The molecule has 1 saturated heterocycles. The molecular weight excluding hydrogens is 490 g/mol. The number of aromatic nitrogens is 1. The summed E-state index contributed by atoms with van der Waals surface area (Å²) in [7, 11) is 0. The number of nitro benzene ring substituents is 1. The zero-order valence-electron chi connectivity index (χ0n) is 19.6. The van der Waals surface area contributed by atoms with Crippen LogP contribution in [0.25, 0.3) is 11.3 Å². The SMILES string of the molecule is O=C(CCN1C(=S)N[C@@H](c2ccccn2)[C@@H]1c1ccc(-c2cccc([N+](=O)[O-])c2)o1)Nc1ccccc1. The Morgan fingerprint density at radius 3 is 2.65 bits per heavy atom. The zero-order valence-corrected chi connectivity index (χ0v) is 20.4. The van der Waals surface area contributed by atoms with Gasteiger partial charge >= 0.3 is 0 Å². The number of pyridine rings is 1. The Morgan fingerprint density at radius 1 is 1.08 bits per heavy atom. The number of hydrogen-bond acceptors (Lipinski definition) is 6. The number of para-hydroxylation sites is 1. The lowest BCUT2D eigenvalue weighted by atomic mass is 10.0. The second kappa shape index (κ2) is 10.6. The van der Waals surface area contributed by atoms with Crippen molar-refractivity contribution in [2.24, 2.45) is 0 Å². The van der Waals surface area contributed by atoms with Crippen molar-refractivity contribution >= 4 is 34.6 Å². The summed E-state index contributed by atoms with van der Waals surface area (Å²) in [5, 5.41) is 17.9. The van der Waals surface area contributed by atoms with Crippen LogP contribution in [0.2, 0.25) is 0 Å². The average Bonchev–Trinajstić information content (AvgIpc) is 3.53. The Bertz CT molecular complexity index is 1430. The quantitative estimate of drug-likeness (QED) is 0.187. The number of thiocarbonyl (C=S) groups is 1. The topological polar surface area (TPSA) is 114 Å². The summed E-state index contributed by atoms with van der Waals surface area (Å²) in [6, 6.07) is 24.1. The summed E-state index contributed by atoms with van der Waals surface area (Å²) in [6.45, 7) is 0.353. The molecule has 2 aromatic heterocycles. The fourth-order valence-corrected chi connectivity index (χ4v) is 4.69. The molecule has 186 valence electrons. The Labute approximate surface area is 218 Å². The molecule has 1 amide bonds. The van der Waals surface area contributed by atoms with Gasteiger partial charge in [0.15, 0.2) is 5.11 Å². The van der Waals surface area contributed by atoms with Gasteiger partial charge in [0, 0.05) is 42.5 Å². The first-order valence-electron chi connectivity index (χ1n) is 11.7. The molecule has 0 unspecified atom stereocenters. The molecule has 0 radical (unpaired) electrons. The number of benzene rings is 2. The lowest BCUT2D eigenvalue weighted by molar-refractivity contribution is -0.384. The van der Waals surface area contributed by atoms with Crippen molar-refractivity contribution in [2.75, 3.05) is 11.9 Å². The predicted molar refractivity (Wildman–Crippen MR) is 143 cm³/mol. The number of nitrogens with one attached hydrogen (secondary N) is 2. The number of anilines is 1. The maximum Gasteiger partial charge on any atom is 0.270 e. The van der Waals surface area contributed by atoms with Gasteiger partial charge in [-0.1, -0.05) is 36.4 Å². The molecule has 3 heterocycles. The van der Waals surface area contributed by atoms with E-state index in [1.165, 1.54) is 12.1 Å². The predicted octanol–water partition coefficient (Wildman–Crippen LogP) is 5.25. The van der Waals surface area contributed by atoms with E-state index >= 15 is 0 Å². The van der Waals surface area contributed by atoms with Crippen molar-refractivity contribution < 1.29 is 14.1 Å². The first-order valence-corrected chi connectivity index (χ1v) is 12.1. The van der Waals surface area contributed by atoms with Gasteiger partial charge in [0.25, 0.3) is 5.69 Å². The average molecular weight is 514 g/mol. The van der Waals surface area contributed by atoms with Crippen molar-refractivity contribution in [2.45, 2.75) is 18.5 Å². The van der Waals surface area contributed by atoms with Crippen molar-refractivity contribution in [3.05, 3.63) is 113 Å². The van der Waals surface area contributed by atoms with Gasteiger partial charge in [-0.05, 0) is 48.6 Å². The minimum atomic E-state index is -0.438. The molecule has 2 N–H and O–H groups in total. The van der Waals surface area contributed by atoms with Crippen LogP contribution in [0.15, 0.2) is 95.5 Å². The van der Waals surface area contributed by atoms with E-state index in [1.54, 1.807) is 24.4 Å². The molecule has 2 aromatic carbocycles. The molecule has 0 spiro atoms. The molecule has 0 aliphatic carbocycles. The second-order valence-corrected chi connectivity index (χ2v) is 8.88. The summed E-state index contributed by atoms with van der Waals surface area (Å²) in [4.78, 5) is 29.9. The largest absolute Gasteiger partial charge is 0.459 e. The zero-order chi connectivity index (χ0) is 25.8. The van der Waals surface area contributed by atoms with E-state index in [9.17, 15) is 14.9 Å². The van der Waals surface area contributed by atoms with Crippen LogP contribution in [0.3, 0.4) is 0 Å². The number of nitro groups is 1. The van der Waals surface area contributed by atoms with E-state index in [-0.39, 0.29) is 30.1 Å². The normalized spacial score (nSPS) is 16.9. The number of rotatable bonds is 8. The van der Waals surface area contributed by atoms with Gasteiger partial charge in [-0.25, -0.2) is 0 Å². The highest BCUT2D eigenvalue weighted by molar-refractivity contribution is 7.80. The van der Waals surface area contributed by atoms with Crippen LogP contribution in [-0.4, -0.2) is 32.4 Å². The number of nitrogens with zero attached hydrogens (tertiary/aromatic N) is 3. The maximum absolute atomic E-state index is 12.7. The molecule has 5 rings (SSSR count). The van der Waals surface area contributed by atoms with Gasteiger partial charge in [-0.15, -0.1) is 0 Å². The van der Waals surface area contributed by atoms with Gasteiger partial charge in [0.1, 0.15) is 17.6 Å². The van der Waals surface area contributed by atoms with Gasteiger partial charge in [0.2, 0.25) is 5.91 Å². The highest BCUT2D eigenvalue weighted by Gasteiger charge is 2.41. The molecule has 1 fully saturated rings. The van der Waals surface area contributed by atoms with Gasteiger partial charge in [-0.2, -0.15) is 0 Å². The van der Waals surface area contributed by atoms with Crippen LogP contribution in [-0.2, 0) is 4.79 Å². The van der Waals surface area contributed by atoms with Crippen molar-refractivity contribution in [1.82, 2.24) is 15.2 Å². The number of hydrogen-bond donors (Lipinski definition) is 2. The lowest BCUT2D eigenvalue weighted by Crippen LogP contribution is -2.32. The van der Waals surface area contributed by atoms with Gasteiger partial charge < -0.3 is 20.0 Å². The van der Waals surface area contributed by atoms with Crippen molar-refractivity contribution in [3.63, 3.8) is 0 Å². The number of carbonyl (C=O) groups is 1.